The Hall–Kier alpha value is -1.45. The van der Waals surface area contributed by atoms with Gasteiger partial charge in [0.25, 0.3) is 0 Å². The number of hydrogen-bond acceptors (Lipinski definition) is 2. The zero-order valence-electron chi connectivity index (χ0n) is 5.83. The highest BCUT2D eigenvalue weighted by atomic mass is 16.6. The quantitative estimate of drug-likeness (QED) is 0.625. The molecule has 1 fully saturated rings. The third-order valence-corrected chi connectivity index (χ3v) is 1.67. The second-order valence-corrected chi connectivity index (χ2v) is 2.42. The molecule has 0 spiro atoms. The van der Waals surface area contributed by atoms with Gasteiger partial charge in [0.1, 0.15) is 12.6 Å². The fraction of sp³-hybridized carbons (Fsp3) is 0.286. The summed E-state index contributed by atoms with van der Waals surface area (Å²) in [6.45, 7) is 0.416. The molecule has 11 heavy (non-hydrogen) atoms. The van der Waals surface area contributed by atoms with E-state index >= 15 is 0 Å². The fourth-order valence-corrected chi connectivity index (χ4v) is 1.11. The summed E-state index contributed by atoms with van der Waals surface area (Å²) in [5.74, 6) is 0. The number of H-pyrrole nitrogens is 1. The number of amides is 1. The van der Waals surface area contributed by atoms with Gasteiger partial charge < -0.3 is 15.0 Å². The molecule has 1 aromatic heterocycles. The lowest BCUT2D eigenvalue weighted by Gasteiger charge is -2.02. The minimum atomic E-state index is -0.343. The van der Waals surface area contributed by atoms with Gasteiger partial charge in [0.15, 0.2) is 0 Å². The first-order valence-electron chi connectivity index (χ1n) is 3.43. The largest absolute Gasteiger partial charge is 0.447 e. The van der Waals surface area contributed by atoms with Crippen LogP contribution in [-0.2, 0) is 4.74 Å². The van der Waals surface area contributed by atoms with Gasteiger partial charge in [0.2, 0.25) is 0 Å². The average molecular weight is 152 g/mol. The molecule has 1 amide bonds. The molecule has 0 aromatic carbocycles. The zero-order valence-corrected chi connectivity index (χ0v) is 5.83. The molecule has 58 valence electrons. The van der Waals surface area contributed by atoms with Gasteiger partial charge in [0.05, 0.1) is 0 Å². The number of aromatic nitrogens is 1. The van der Waals surface area contributed by atoms with E-state index in [9.17, 15) is 4.79 Å². The van der Waals surface area contributed by atoms with E-state index in [0.717, 1.165) is 5.69 Å². The maximum atomic E-state index is 10.6. The number of nitrogens with one attached hydrogen (secondary N) is 2. The smallest absolute Gasteiger partial charge is 0.407 e. The number of alkyl carbamates (subject to hydrolysis) is 1. The third-order valence-electron chi connectivity index (χ3n) is 1.67. The highest BCUT2D eigenvalue weighted by Crippen LogP contribution is 2.14. The summed E-state index contributed by atoms with van der Waals surface area (Å²) >= 11 is 0. The van der Waals surface area contributed by atoms with Crippen molar-refractivity contribution >= 4 is 6.09 Å². The van der Waals surface area contributed by atoms with E-state index in [1.54, 1.807) is 0 Å². The number of carbonyl (C=O) groups excluding carboxylic acids is 1. The van der Waals surface area contributed by atoms with E-state index in [4.69, 9.17) is 4.74 Å². The molecule has 2 heterocycles. The SMILES string of the molecule is O=C1NC(c2ccc[nH]2)CO1. The lowest BCUT2D eigenvalue weighted by molar-refractivity contribution is 0.177. The fourth-order valence-electron chi connectivity index (χ4n) is 1.11. The highest BCUT2D eigenvalue weighted by Gasteiger charge is 2.23. The Morgan fingerprint density at radius 1 is 1.64 bits per heavy atom. The summed E-state index contributed by atoms with van der Waals surface area (Å²) in [5, 5.41) is 2.66. The molecule has 1 unspecified atom stereocenters. The zero-order chi connectivity index (χ0) is 7.68. The van der Waals surface area contributed by atoms with Crippen molar-refractivity contribution in [1.29, 1.82) is 0 Å². The first-order chi connectivity index (χ1) is 5.36. The van der Waals surface area contributed by atoms with Crippen LogP contribution in [0.25, 0.3) is 0 Å². The van der Waals surface area contributed by atoms with Gasteiger partial charge in [-0.2, -0.15) is 0 Å². The summed E-state index contributed by atoms with van der Waals surface area (Å²) in [7, 11) is 0. The van der Waals surface area contributed by atoms with E-state index in [1.165, 1.54) is 0 Å². The Kier molecular flexibility index (Phi) is 1.31. The van der Waals surface area contributed by atoms with Gasteiger partial charge in [-0.25, -0.2) is 4.79 Å². The van der Waals surface area contributed by atoms with Crippen molar-refractivity contribution in [3.05, 3.63) is 24.0 Å². The van der Waals surface area contributed by atoms with Crippen LogP contribution in [-0.4, -0.2) is 17.7 Å². The van der Waals surface area contributed by atoms with Gasteiger partial charge >= 0.3 is 6.09 Å². The molecular weight excluding hydrogens is 144 g/mol. The Bertz CT molecular complexity index is 255. The number of aromatic amines is 1. The highest BCUT2D eigenvalue weighted by molar-refractivity contribution is 5.69. The number of rotatable bonds is 1. The molecule has 0 radical (unpaired) electrons. The van der Waals surface area contributed by atoms with Crippen molar-refractivity contribution in [2.24, 2.45) is 0 Å². The molecule has 1 aliphatic rings. The second-order valence-electron chi connectivity index (χ2n) is 2.42. The maximum Gasteiger partial charge on any atom is 0.407 e. The first kappa shape index (κ1) is 6.27. The van der Waals surface area contributed by atoms with Crippen molar-refractivity contribution in [2.75, 3.05) is 6.61 Å². The van der Waals surface area contributed by atoms with Gasteiger partial charge in [0, 0.05) is 11.9 Å². The minimum Gasteiger partial charge on any atom is -0.447 e. The van der Waals surface area contributed by atoms with Crippen LogP contribution in [0.3, 0.4) is 0 Å². The van der Waals surface area contributed by atoms with Crippen LogP contribution in [0.15, 0.2) is 18.3 Å². The monoisotopic (exact) mass is 152 g/mol. The molecule has 0 aliphatic carbocycles. The summed E-state index contributed by atoms with van der Waals surface area (Å²) in [6.07, 6.45) is 1.48. The molecule has 2 rings (SSSR count). The van der Waals surface area contributed by atoms with Gasteiger partial charge in [-0.3, -0.25) is 0 Å². The molecule has 2 N–H and O–H groups in total. The Balaban J connectivity index is 2.13. The van der Waals surface area contributed by atoms with Crippen LogP contribution in [0.1, 0.15) is 11.7 Å². The van der Waals surface area contributed by atoms with E-state index in [1.807, 2.05) is 18.3 Å². The second kappa shape index (κ2) is 2.30. The number of hydrogen-bond donors (Lipinski definition) is 2. The van der Waals surface area contributed by atoms with E-state index < -0.39 is 0 Å². The van der Waals surface area contributed by atoms with Gasteiger partial charge in [-0.05, 0) is 12.1 Å². The summed E-state index contributed by atoms with van der Waals surface area (Å²) < 4.78 is 4.72. The Morgan fingerprint density at radius 3 is 3.09 bits per heavy atom. The molecule has 1 aliphatic heterocycles. The van der Waals surface area contributed by atoms with Gasteiger partial charge in [-0.1, -0.05) is 0 Å². The molecule has 1 aromatic rings. The molecule has 4 nitrogen and oxygen atoms in total. The Labute approximate surface area is 63.6 Å². The van der Waals surface area contributed by atoms with Crippen LogP contribution in [0, 0.1) is 0 Å². The topological polar surface area (TPSA) is 54.1 Å². The summed E-state index contributed by atoms with van der Waals surface area (Å²) in [4.78, 5) is 13.6. The van der Waals surface area contributed by atoms with Crippen LogP contribution in [0.2, 0.25) is 0 Å². The van der Waals surface area contributed by atoms with E-state index in [2.05, 4.69) is 10.3 Å². The average Bonchev–Trinajstić information content (AvgIpc) is 2.55. The number of cyclic esters (lactones) is 1. The summed E-state index contributed by atoms with van der Waals surface area (Å²) in [6, 6.07) is 3.80. The number of carbonyl (C=O) groups is 1. The molecule has 4 heteroatoms. The van der Waals surface area contributed by atoms with E-state index in [0.29, 0.717) is 6.61 Å². The van der Waals surface area contributed by atoms with Crippen molar-refractivity contribution in [3.63, 3.8) is 0 Å². The summed E-state index contributed by atoms with van der Waals surface area (Å²) in [5.41, 5.74) is 0.982. The van der Waals surface area contributed by atoms with Crippen LogP contribution in [0.5, 0.6) is 0 Å². The van der Waals surface area contributed by atoms with Crippen molar-refractivity contribution in [3.8, 4) is 0 Å². The van der Waals surface area contributed by atoms with Crippen LogP contribution in [0.4, 0.5) is 4.79 Å². The predicted octanol–water partition coefficient (Wildman–Crippen LogP) is 0.796. The lowest BCUT2D eigenvalue weighted by Crippen LogP contribution is -2.18. The molecule has 0 saturated carbocycles. The standard InChI is InChI=1S/C7H8N2O2/c10-7-9-6(4-11-7)5-2-1-3-8-5/h1-3,6,8H,4H2,(H,9,10). The molecule has 1 saturated heterocycles. The normalized spacial score (nSPS) is 22.9. The van der Waals surface area contributed by atoms with Crippen molar-refractivity contribution < 1.29 is 9.53 Å². The van der Waals surface area contributed by atoms with Crippen molar-refractivity contribution in [1.82, 2.24) is 10.3 Å². The van der Waals surface area contributed by atoms with Gasteiger partial charge in [-0.15, -0.1) is 0 Å². The molecular formula is C7H8N2O2. The molecule has 0 bridgehead atoms. The van der Waals surface area contributed by atoms with Crippen LogP contribution >= 0.6 is 0 Å². The minimum absolute atomic E-state index is 0.00231. The lowest BCUT2D eigenvalue weighted by atomic mass is 10.2. The maximum absolute atomic E-state index is 10.6. The Morgan fingerprint density at radius 2 is 2.55 bits per heavy atom. The predicted molar refractivity (Wildman–Crippen MR) is 38.0 cm³/mol. The van der Waals surface area contributed by atoms with E-state index in [-0.39, 0.29) is 12.1 Å². The first-order valence-corrected chi connectivity index (χ1v) is 3.43. The van der Waals surface area contributed by atoms with Crippen molar-refractivity contribution in [2.45, 2.75) is 6.04 Å². The number of ether oxygens (including phenoxy) is 1. The third kappa shape index (κ3) is 1.07. The molecule has 1 atom stereocenters. The van der Waals surface area contributed by atoms with Crippen LogP contribution < -0.4 is 5.32 Å².